The lowest BCUT2D eigenvalue weighted by atomic mass is 9.97. The van der Waals surface area contributed by atoms with Gasteiger partial charge < -0.3 is 10.2 Å². The lowest BCUT2D eigenvalue weighted by Gasteiger charge is -2.30. The number of halogens is 3. The molecule has 2 rings (SSSR count). The van der Waals surface area contributed by atoms with Crippen LogP contribution in [0, 0.1) is 5.92 Å². The Morgan fingerprint density at radius 3 is 2.53 bits per heavy atom. The highest BCUT2D eigenvalue weighted by Crippen LogP contribution is 2.33. The minimum atomic E-state index is -4.40. The van der Waals surface area contributed by atoms with Gasteiger partial charge in [-0.1, -0.05) is 18.3 Å². The molecule has 0 aromatic carbocycles. The van der Waals surface area contributed by atoms with Crippen molar-refractivity contribution >= 4 is 16.5 Å². The highest BCUT2D eigenvalue weighted by Gasteiger charge is 2.35. The van der Waals surface area contributed by atoms with Crippen molar-refractivity contribution in [2.45, 2.75) is 25.9 Å². The van der Waals surface area contributed by atoms with E-state index >= 15 is 0 Å². The van der Waals surface area contributed by atoms with Crippen LogP contribution in [0.4, 0.5) is 18.3 Å². The van der Waals surface area contributed by atoms with Crippen molar-refractivity contribution in [3.8, 4) is 0 Å². The van der Waals surface area contributed by atoms with Crippen LogP contribution in [0.3, 0.4) is 0 Å². The minimum Gasteiger partial charge on any atom is -0.360 e. The Hall–Kier alpha value is -0.890. The molecule has 0 bridgehead atoms. The maximum absolute atomic E-state index is 12.4. The van der Waals surface area contributed by atoms with Gasteiger partial charge in [0, 0.05) is 6.54 Å². The fraction of sp³-hybridized carbons (Fsp3) is 0.818. The summed E-state index contributed by atoms with van der Waals surface area (Å²) in [6.07, 6.45) is -2.25. The van der Waals surface area contributed by atoms with Crippen LogP contribution in [0.5, 0.6) is 0 Å². The van der Waals surface area contributed by atoms with Gasteiger partial charge in [-0.2, -0.15) is 13.2 Å². The first kappa shape index (κ1) is 14.5. The SMILES string of the molecule is CCN1CCC(CNc2nnc(C(F)(F)F)s2)CC1. The molecular formula is C11H17F3N4S. The molecular weight excluding hydrogens is 277 g/mol. The molecule has 0 atom stereocenters. The van der Waals surface area contributed by atoms with Gasteiger partial charge in [0.25, 0.3) is 0 Å². The number of anilines is 1. The van der Waals surface area contributed by atoms with E-state index in [4.69, 9.17) is 0 Å². The highest BCUT2D eigenvalue weighted by molar-refractivity contribution is 7.15. The Labute approximate surface area is 114 Å². The van der Waals surface area contributed by atoms with E-state index < -0.39 is 11.2 Å². The van der Waals surface area contributed by atoms with Crippen LogP contribution >= 0.6 is 11.3 Å². The van der Waals surface area contributed by atoms with Crippen molar-refractivity contribution in [1.82, 2.24) is 15.1 Å². The smallest absolute Gasteiger partial charge is 0.360 e. The number of hydrogen-bond acceptors (Lipinski definition) is 5. The molecule has 1 N–H and O–H groups in total. The molecule has 8 heteroatoms. The predicted molar refractivity (Wildman–Crippen MR) is 68.2 cm³/mol. The van der Waals surface area contributed by atoms with Gasteiger partial charge in [-0.25, -0.2) is 0 Å². The quantitative estimate of drug-likeness (QED) is 0.927. The zero-order chi connectivity index (χ0) is 13.9. The predicted octanol–water partition coefficient (Wildman–Crippen LogP) is 2.70. The molecule has 1 aromatic rings. The van der Waals surface area contributed by atoms with E-state index in [1.165, 1.54) is 0 Å². The summed E-state index contributed by atoms with van der Waals surface area (Å²) in [5.74, 6) is 0.501. The summed E-state index contributed by atoms with van der Waals surface area (Å²) >= 11 is 0.565. The molecule has 0 saturated carbocycles. The first-order chi connectivity index (χ1) is 8.99. The number of alkyl halides is 3. The zero-order valence-electron chi connectivity index (χ0n) is 10.7. The number of likely N-dealkylation sites (tertiary alicyclic amines) is 1. The summed E-state index contributed by atoms with van der Waals surface area (Å²) in [6.45, 7) is 5.99. The maximum atomic E-state index is 12.4. The molecule has 4 nitrogen and oxygen atoms in total. The van der Waals surface area contributed by atoms with E-state index in [-0.39, 0.29) is 5.13 Å². The van der Waals surface area contributed by atoms with E-state index in [9.17, 15) is 13.2 Å². The third-order valence-electron chi connectivity index (χ3n) is 3.36. The van der Waals surface area contributed by atoms with Crippen LogP contribution < -0.4 is 5.32 Å². The molecule has 1 saturated heterocycles. The number of rotatable bonds is 4. The molecule has 1 aliphatic rings. The first-order valence-electron chi connectivity index (χ1n) is 6.36. The summed E-state index contributed by atoms with van der Waals surface area (Å²) < 4.78 is 37.1. The lowest BCUT2D eigenvalue weighted by Crippen LogP contribution is -2.35. The molecule has 1 aromatic heterocycles. The molecule has 0 spiro atoms. The third kappa shape index (κ3) is 4.04. The normalized spacial score (nSPS) is 18.7. The standard InChI is InChI=1S/C11H17F3N4S/c1-2-18-5-3-8(4-6-18)7-15-10-17-16-9(19-10)11(12,13)14/h8H,2-7H2,1H3,(H,15,17). The van der Waals surface area contributed by atoms with Gasteiger partial charge in [0.2, 0.25) is 10.1 Å². The Morgan fingerprint density at radius 2 is 2.00 bits per heavy atom. The molecule has 0 amide bonds. The highest BCUT2D eigenvalue weighted by atomic mass is 32.1. The van der Waals surface area contributed by atoms with Crippen molar-refractivity contribution in [3.63, 3.8) is 0 Å². The van der Waals surface area contributed by atoms with E-state index in [1.54, 1.807) is 0 Å². The Kier molecular flexibility index (Phi) is 4.62. The monoisotopic (exact) mass is 294 g/mol. The second-order valence-corrected chi connectivity index (χ2v) is 5.65. The lowest BCUT2D eigenvalue weighted by molar-refractivity contribution is -0.138. The molecule has 0 unspecified atom stereocenters. The van der Waals surface area contributed by atoms with Crippen LogP contribution in [0.25, 0.3) is 0 Å². The molecule has 19 heavy (non-hydrogen) atoms. The average Bonchev–Trinajstić information content (AvgIpc) is 2.86. The Bertz CT molecular complexity index is 399. The Balaban J connectivity index is 1.78. The van der Waals surface area contributed by atoms with Gasteiger partial charge in [0.1, 0.15) is 0 Å². The first-order valence-corrected chi connectivity index (χ1v) is 7.17. The van der Waals surface area contributed by atoms with Crippen LogP contribution in [0.15, 0.2) is 0 Å². The van der Waals surface area contributed by atoms with Crippen molar-refractivity contribution in [1.29, 1.82) is 0 Å². The maximum Gasteiger partial charge on any atom is 0.445 e. The van der Waals surface area contributed by atoms with E-state index in [1.807, 2.05) is 0 Å². The fourth-order valence-electron chi connectivity index (χ4n) is 2.15. The van der Waals surface area contributed by atoms with Gasteiger partial charge >= 0.3 is 6.18 Å². The van der Waals surface area contributed by atoms with Crippen molar-refractivity contribution in [2.75, 3.05) is 31.5 Å². The molecule has 0 radical (unpaired) electrons. The van der Waals surface area contributed by atoms with Gasteiger partial charge in [-0.15, -0.1) is 10.2 Å². The van der Waals surface area contributed by atoms with Gasteiger partial charge in [-0.05, 0) is 38.4 Å². The number of piperidine rings is 1. The number of nitrogens with one attached hydrogen (secondary N) is 1. The van der Waals surface area contributed by atoms with E-state index in [0.717, 1.165) is 32.5 Å². The molecule has 1 aliphatic heterocycles. The fourth-order valence-corrected chi connectivity index (χ4v) is 2.77. The molecule has 108 valence electrons. The molecule has 2 heterocycles. The Morgan fingerprint density at radius 1 is 1.32 bits per heavy atom. The summed E-state index contributed by atoms with van der Waals surface area (Å²) in [5, 5.41) is 9.00. The number of hydrogen-bond donors (Lipinski definition) is 1. The van der Waals surface area contributed by atoms with Gasteiger partial charge in [0.05, 0.1) is 0 Å². The van der Waals surface area contributed by atoms with Crippen molar-refractivity contribution < 1.29 is 13.2 Å². The zero-order valence-corrected chi connectivity index (χ0v) is 11.5. The third-order valence-corrected chi connectivity index (χ3v) is 4.29. The number of aromatic nitrogens is 2. The summed E-state index contributed by atoms with van der Waals surface area (Å²) in [6, 6.07) is 0. The van der Waals surface area contributed by atoms with E-state index in [0.29, 0.717) is 23.8 Å². The average molecular weight is 294 g/mol. The summed E-state index contributed by atoms with van der Waals surface area (Å²) in [5.41, 5.74) is 0. The second-order valence-electron chi connectivity index (χ2n) is 4.67. The van der Waals surface area contributed by atoms with Crippen LogP contribution in [-0.2, 0) is 6.18 Å². The summed E-state index contributed by atoms with van der Waals surface area (Å²) in [7, 11) is 0. The van der Waals surface area contributed by atoms with Gasteiger partial charge in [-0.3, -0.25) is 0 Å². The topological polar surface area (TPSA) is 41.0 Å². The largest absolute Gasteiger partial charge is 0.445 e. The molecule has 1 fully saturated rings. The second kappa shape index (κ2) is 6.04. The van der Waals surface area contributed by atoms with Crippen molar-refractivity contribution in [3.05, 3.63) is 5.01 Å². The van der Waals surface area contributed by atoms with Crippen LogP contribution in [0.2, 0.25) is 0 Å². The van der Waals surface area contributed by atoms with Gasteiger partial charge in [0.15, 0.2) is 0 Å². The van der Waals surface area contributed by atoms with Crippen molar-refractivity contribution in [2.24, 2.45) is 5.92 Å². The van der Waals surface area contributed by atoms with E-state index in [2.05, 4.69) is 27.3 Å². The molecule has 0 aliphatic carbocycles. The summed E-state index contributed by atoms with van der Waals surface area (Å²) in [4.78, 5) is 2.38. The number of nitrogens with zero attached hydrogens (tertiary/aromatic N) is 3. The van der Waals surface area contributed by atoms with Crippen LogP contribution in [0.1, 0.15) is 24.8 Å². The minimum absolute atomic E-state index is 0.255. The van der Waals surface area contributed by atoms with Crippen LogP contribution in [-0.4, -0.2) is 41.3 Å².